The average molecular weight is 268 g/mol. The van der Waals surface area contributed by atoms with E-state index < -0.39 is 0 Å². The van der Waals surface area contributed by atoms with Gasteiger partial charge in [-0.25, -0.2) is 0 Å². The number of nitriles is 1. The summed E-state index contributed by atoms with van der Waals surface area (Å²) in [6, 6.07) is 9.53. The number of benzene rings is 1. The number of hydrogen-bond acceptors (Lipinski definition) is 2. The highest BCUT2D eigenvalue weighted by Gasteiger charge is 2.39. The summed E-state index contributed by atoms with van der Waals surface area (Å²) in [5.41, 5.74) is 1.63. The fourth-order valence-electron chi connectivity index (χ4n) is 3.89. The van der Waals surface area contributed by atoms with Crippen molar-refractivity contribution in [3.63, 3.8) is 0 Å². The van der Waals surface area contributed by atoms with Gasteiger partial charge in [0.2, 0.25) is 5.91 Å². The van der Waals surface area contributed by atoms with Crippen molar-refractivity contribution in [2.75, 3.05) is 0 Å². The largest absolute Gasteiger partial charge is 0.352 e. The van der Waals surface area contributed by atoms with Crippen LogP contribution in [0, 0.1) is 29.1 Å². The molecule has 2 bridgehead atoms. The van der Waals surface area contributed by atoms with Crippen molar-refractivity contribution in [2.45, 2.75) is 38.6 Å². The maximum absolute atomic E-state index is 12.0. The molecule has 3 nitrogen and oxygen atoms in total. The highest BCUT2D eigenvalue weighted by atomic mass is 16.1. The van der Waals surface area contributed by atoms with Gasteiger partial charge >= 0.3 is 0 Å². The Kier molecular flexibility index (Phi) is 3.73. The third-order valence-corrected chi connectivity index (χ3v) is 4.88. The van der Waals surface area contributed by atoms with E-state index in [0.29, 0.717) is 24.4 Å². The summed E-state index contributed by atoms with van der Waals surface area (Å²) in [4.78, 5) is 12.0. The Bertz CT molecular complexity index is 546. The summed E-state index contributed by atoms with van der Waals surface area (Å²) in [6.07, 6.45) is 5.99. The van der Waals surface area contributed by atoms with E-state index in [2.05, 4.69) is 11.4 Å². The van der Waals surface area contributed by atoms with Gasteiger partial charge in [0, 0.05) is 13.0 Å². The lowest BCUT2D eigenvalue weighted by molar-refractivity contribution is -0.122. The van der Waals surface area contributed by atoms with E-state index in [1.165, 1.54) is 25.7 Å². The highest BCUT2D eigenvalue weighted by molar-refractivity contribution is 5.76. The van der Waals surface area contributed by atoms with Crippen molar-refractivity contribution in [3.05, 3.63) is 35.4 Å². The van der Waals surface area contributed by atoms with Crippen LogP contribution in [0.3, 0.4) is 0 Å². The standard InChI is InChI=1S/C17H20N2O/c18-10-13-2-1-3-14(6-13)11-19-17(20)9-16-8-12-4-5-15(16)7-12/h1-3,6,12,15-16H,4-5,7-9,11H2,(H,19,20). The molecule has 1 aromatic rings. The molecule has 3 heteroatoms. The predicted molar refractivity (Wildman–Crippen MR) is 76.6 cm³/mol. The molecule has 0 aliphatic heterocycles. The molecule has 2 aliphatic carbocycles. The van der Waals surface area contributed by atoms with E-state index in [4.69, 9.17) is 5.26 Å². The van der Waals surface area contributed by atoms with Crippen LogP contribution in [0.1, 0.15) is 43.2 Å². The zero-order chi connectivity index (χ0) is 13.9. The van der Waals surface area contributed by atoms with Crippen LogP contribution in [0.2, 0.25) is 0 Å². The molecule has 0 spiro atoms. The Morgan fingerprint density at radius 3 is 2.95 bits per heavy atom. The lowest BCUT2D eigenvalue weighted by atomic mass is 9.86. The Labute approximate surface area is 120 Å². The number of nitrogens with zero attached hydrogens (tertiary/aromatic N) is 1. The monoisotopic (exact) mass is 268 g/mol. The van der Waals surface area contributed by atoms with Crippen molar-refractivity contribution < 1.29 is 4.79 Å². The van der Waals surface area contributed by atoms with Crippen molar-refractivity contribution in [1.82, 2.24) is 5.32 Å². The number of carbonyl (C=O) groups is 1. The lowest BCUT2D eigenvalue weighted by Crippen LogP contribution is -2.26. The van der Waals surface area contributed by atoms with Gasteiger partial charge in [0.05, 0.1) is 11.6 Å². The van der Waals surface area contributed by atoms with Crippen LogP contribution >= 0.6 is 0 Å². The van der Waals surface area contributed by atoms with Crippen molar-refractivity contribution in [3.8, 4) is 6.07 Å². The molecule has 0 saturated heterocycles. The van der Waals surface area contributed by atoms with E-state index in [1.807, 2.05) is 18.2 Å². The fourth-order valence-corrected chi connectivity index (χ4v) is 3.89. The predicted octanol–water partition coefficient (Wildman–Crippen LogP) is 3.00. The van der Waals surface area contributed by atoms with Crippen LogP contribution in [-0.4, -0.2) is 5.91 Å². The first-order chi connectivity index (χ1) is 9.74. The molecule has 3 unspecified atom stereocenters. The average Bonchev–Trinajstić information content (AvgIpc) is 3.08. The number of nitrogens with one attached hydrogen (secondary N) is 1. The summed E-state index contributed by atoms with van der Waals surface area (Å²) >= 11 is 0. The van der Waals surface area contributed by atoms with Crippen LogP contribution in [0.25, 0.3) is 0 Å². The van der Waals surface area contributed by atoms with Gasteiger partial charge in [-0.05, 0) is 54.7 Å². The van der Waals surface area contributed by atoms with Gasteiger partial charge in [0.15, 0.2) is 0 Å². The van der Waals surface area contributed by atoms with E-state index >= 15 is 0 Å². The van der Waals surface area contributed by atoms with E-state index in [1.54, 1.807) is 6.07 Å². The molecule has 104 valence electrons. The Morgan fingerprint density at radius 1 is 1.35 bits per heavy atom. The summed E-state index contributed by atoms with van der Waals surface area (Å²) in [6.45, 7) is 0.523. The van der Waals surface area contributed by atoms with Crippen LogP contribution in [0.15, 0.2) is 24.3 Å². The van der Waals surface area contributed by atoms with Gasteiger partial charge in [0.25, 0.3) is 0 Å². The normalized spacial score (nSPS) is 27.2. The van der Waals surface area contributed by atoms with Crippen LogP contribution in [0.5, 0.6) is 0 Å². The Morgan fingerprint density at radius 2 is 2.25 bits per heavy atom. The highest BCUT2D eigenvalue weighted by Crippen LogP contribution is 2.49. The van der Waals surface area contributed by atoms with Crippen molar-refractivity contribution in [1.29, 1.82) is 5.26 Å². The second-order valence-corrected chi connectivity index (χ2v) is 6.23. The van der Waals surface area contributed by atoms with E-state index in [0.717, 1.165) is 17.4 Å². The third kappa shape index (κ3) is 2.85. The minimum absolute atomic E-state index is 0.157. The zero-order valence-corrected chi connectivity index (χ0v) is 11.6. The SMILES string of the molecule is N#Cc1cccc(CNC(=O)CC2CC3CCC2C3)c1. The molecule has 1 N–H and O–H groups in total. The van der Waals surface area contributed by atoms with Gasteiger partial charge in [-0.15, -0.1) is 0 Å². The minimum atomic E-state index is 0.157. The molecule has 2 saturated carbocycles. The summed E-state index contributed by atoms with van der Waals surface area (Å²) in [5, 5.41) is 11.8. The summed E-state index contributed by atoms with van der Waals surface area (Å²) < 4.78 is 0. The number of hydrogen-bond donors (Lipinski definition) is 1. The fraction of sp³-hybridized carbons (Fsp3) is 0.529. The summed E-state index contributed by atoms with van der Waals surface area (Å²) in [7, 11) is 0. The van der Waals surface area contributed by atoms with Gasteiger partial charge in [-0.1, -0.05) is 18.6 Å². The molecule has 1 amide bonds. The molecule has 0 aromatic heterocycles. The summed E-state index contributed by atoms with van der Waals surface area (Å²) in [5.74, 6) is 2.46. The third-order valence-electron chi connectivity index (χ3n) is 4.88. The number of fused-ring (bicyclic) bond motifs is 2. The second-order valence-electron chi connectivity index (χ2n) is 6.23. The quantitative estimate of drug-likeness (QED) is 0.912. The Hall–Kier alpha value is -1.82. The molecule has 20 heavy (non-hydrogen) atoms. The van der Waals surface area contributed by atoms with Gasteiger partial charge in [-0.2, -0.15) is 5.26 Å². The lowest BCUT2D eigenvalue weighted by Gasteiger charge is -2.20. The van der Waals surface area contributed by atoms with Crippen molar-refractivity contribution in [2.24, 2.45) is 17.8 Å². The van der Waals surface area contributed by atoms with E-state index in [9.17, 15) is 4.79 Å². The zero-order valence-electron chi connectivity index (χ0n) is 11.6. The maximum Gasteiger partial charge on any atom is 0.220 e. The number of rotatable bonds is 4. The first-order valence-corrected chi connectivity index (χ1v) is 7.50. The second kappa shape index (κ2) is 5.66. The molecular formula is C17H20N2O. The van der Waals surface area contributed by atoms with E-state index in [-0.39, 0.29) is 5.91 Å². The molecule has 3 atom stereocenters. The molecule has 0 heterocycles. The molecule has 2 aliphatic rings. The minimum Gasteiger partial charge on any atom is -0.352 e. The molecule has 3 rings (SSSR count). The van der Waals surface area contributed by atoms with Crippen molar-refractivity contribution >= 4 is 5.91 Å². The van der Waals surface area contributed by atoms with Crippen LogP contribution < -0.4 is 5.32 Å². The maximum atomic E-state index is 12.0. The number of carbonyl (C=O) groups excluding carboxylic acids is 1. The molecular weight excluding hydrogens is 248 g/mol. The molecule has 1 aromatic carbocycles. The van der Waals surface area contributed by atoms with Crippen LogP contribution in [-0.2, 0) is 11.3 Å². The van der Waals surface area contributed by atoms with Gasteiger partial charge in [0.1, 0.15) is 0 Å². The first-order valence-electron chi connectivity index (χ1n) is 7.50. The molecule has 2 fully saturated rings. The Balaban J connectivity index is 1.48. The first kappa shape index (κ1) is 13.2. The van der Waals surface area contributed by atoms with Gasteiger partial charge in [-0.3, -0.25) is 4.79 Å². The smallest absolute Gasteiger partial charge is 0.220 e. The topological polar surface area (TPSA) is 52.9 Å². The van der Waals surface area contributed by atoms with Gasteiger partial charge < -0.3 is 5.32 Å². The van der Waals surface area contributed by atoms with Crippen LogP contribution in [0.4, 0.5) is 0 Å². The number of amides is 1. The molecule has 0 radical (unpaired) electrons.